The van der Waals surface area contributed by atoms with Crippen LogP contribution in [-0.2, 0) is 0 Å². The summed E-state index contributed by atoms with van der Waals surface area (Å²) < 4.78 is 1.33. The molecule has 0 aliphatic heterocycles. The zero-order valence-corrected chi connectivity index (χ0v) is 8.36. The first-order valence-electron chi connectivity index (χ1n) is 4.09. The van der Waals surface area contributed by atoms with Crippen LogP contribution in [0.15, 0.2) is 18.2 Å². The maximum absolute atomic E-state index is 10.7. The number of imidazole rings is 1. The van der Waals surface area contributed by atoms with Crippen molar-refractivity contribution >= 4 is 34.6 Å². The molecule has 1 aromatic heterocycles. The third-order valence-electron chi connectivity index (χ3n) is 2.07. The predicted octanol–water partition coefficient (Wildman–Crippen LogP) is 0.796. The number of nitrogens with zero attached hydrogens (tertiary/aromatic N) is 2. The molecule has 0 aliphatic rings. The van der Waals surface area contributed by atoms with Crippen molar-refractivity contribution in [3.05, 3.63) is 29.6 Å². The van der Waals surface area contributed by atoms with Crippen LogP contribution in [0.4, 0.5) is 0 Å². The molecule has 0 saturated carbocycles. The van der Waals surface area contributed by atoms with E-state index in [9.17, 15) is 4.79 Å². The minimum absolute atomic E-state index is 0.177. The molecule has 1 aromatic carbocycles. The second kappa shape index (κ2) is 3.32. The van der Waals surface area contributed by atoms with E-state index in [4.69, 9.17) is 23.2 Å². The fraction of sp³-hybridized carbons (Fsp3) is 0. The Kier molecular flexibility index (Phi) is 2.12. The second-order valence-corrected chi connectivity index (χ2v) is 3.20. The van der Waals surface area contributed by atoms with E-state index >= 15 is 0 Å². The monoisotopic (exact) mass is 221 g/mol. The van der Waals surface area contributed by atoms with E-state index in [-0.39, 0.29) is 5.56 Å². The van der Waals surface area contributed by atoms with Gasteiger partial charge < -0.3 is 10.9 Å². The van der Waals surface area contributed by atoms with Gasteiger partial charge in [0, 0.05) is 5.37 Å². The molecule has 0 unspecified atom stereocenters. The Balaban J connectivity index is 2.73. The third-order valence-corrected chi connectivity index (χ3v) is 2.28. The van der Waals surface area contributed by atoms with Gasteiger partial charge in [-0.1, -0.05) is 12.2 Å². The summed E-state index contributed by atoms with van der Waals surface area (Å²) in [5.41, 5.74) is 1.35. The van der Waals surface area contributed by atoms with Crippen LogP contribution in [0.2, 0.25) is 0 Å². The third kappa shape index (κ3) is 1.44. The van der Waals surface area contributed by atoms with Crippen molar-refractivity contribution in [3.63, 3.8) is 0 Å². The molecule has 0 saturated heterocycles. The van der Waals surface area contributed by atoms with Gasteiger partial charge in [-0.2, -0.15) is 0 Å². The van der Waals surface area contributed by atoms with Gasteiger partial charge in [0.05, 0.1) is 16.6 Å². The van der Waals surface area contributed by atoms with Gasteiger partial charge in [0.2, 0.25) is 0 Å². The van der Waals surface area contributed by atoms with Gasteiger partial charge in [-0.05, 0) is 18.2 Å². The van der Waals surface area contributed by atoms with Crippen LogP contribution in [0.1, 0.15) is 16.2 Å². The summed E-state index contributed by atoms with van der Waals surface area (Å²) in [4.78, 5) is 14.8. The Morgan fingerprint density at radius 1 is 1.60 bits per heavy atom. The first-order valence-corrected chi connectivity index (χ1v) is 4.56. The molecule has 2 aromatic rings. The number of carboxylic acid groups (broad SMARTS) is 1. The lowest BCUT2D eigenvalue weighted by Gasteiger charge is -1.96. The molecule has 3 N–H and O–H groups in total. The summed E-state index contributed by atoms with van der Waals surface area (Å²) in [6, 6.07) is 4.54. The number of hydrogen-bond acceptors (Lipinski definition) is 4. The molecule has 0 atom stereocenters. The van der Waals surface area contributed by atoms with Crippen molar-refractivity contribution < 1.29 is 9.90 Å². The zero-order valence-electron chi connectivity index (χ0n) is 7.54. The Morgan fingerprint density at radius 2 is 2.33 bits per heavy atom. The number of carboxylic acids is 1. The number of thiocarbonyl (C=S) groups is 1. The summed E-state index contributed by atoms with van der Waals surface area (Å²) in [7, 11) is 0. The van der Waals surface area contributed by atoms with Crippen LogP contribution in [0.3, 0.4) is 0 Å². The fourth-order valence-corrected chi connectivity index (χ4v) is 1.50. The molecule has 0 bridgehead atoms. The van der Waals surface area contributed by atoms with Crippen LogP contribution < -0.4 is 5.84 Å². The Bertz CT molecular complexity index is 562. The molecular weight excluding hydrogens is 214 g/mol. The molecule has 76 valence electrons. The summed E-state index contributed by atoms with van der Waals surface area (Å²) in [5, 5.41) is 10.1. The average Bonchev–Trinajstić information content (AvgIpc) is 2.55. The van der Waals surface area contributed by atoms with Crippen molar-refractivity contribution in [3.8, 4) is 0 Å². The zero-order chi connectivity index (χ0) is 11.0. The molecule has 6 heteroatoms. The SMILES string of the molecule is Nn1c(C=S)nc2cc(C(=O)O)ccc21. The van der Waals surface area contributed by atoms with Crippen LogP contribution >= 0.6 is 12.2 Å². The van der Waals surface area contributed by atoms with Crippen LogP contribution in [0, 0.1) is 0 Å². The molecule has 0 fully saturated rings. The maximum Gasteiger partial charge on any atom is 0.335 e. The van der Waals surface area contributed by atoms with Crippen molar-refractivity contribution in [1.29, 1.82) is 0 Å². The number of nitrogen functional groups attached to an aromatic ring is 1. The largest absolute Gasteiger partial charge is 0.478 e. The van der Waals surface area contributed by atoms with Crippen LogP contribution in [-0.4, -0.2) is 26.1 Å². The highest BCUT2D eigenvalue weighted by atomic mass is 32.1. The van der Waals surface area contributed by atoms with Gasteiger partial charge in [0.1, 0.15) is 0 Å². The molecule has 1 heterocycles. The molecule has 0 radical (unpaired) electrons. The van der Waals surface area contributed by atoms with E-state index in [1.165, 1.54) is 22.2 Å². The van der Waals surface area contributed by atoms with Crippen LogP contribution in [0.5, 0.6) is 0 Å². The lowest BCUT2D eigenvalue weighted by molar-refractivity contribution is 0.0697. The lowest BCUT2D eigenvalue weighted by Crippen LogP contribution is -2.11. The topological polar surface area (TPSA) is 81.1 Å². The normalized spacial score (nSPS) is 10.4. The first-order chi connectivity index (χ1) is 7.13. The molecule has 2 rings (SSSR count). The second-order valence-electron chi connectivity index (χ2n) is 2.97. The molecule has 0 amide bonds. The van der Waals surface area contributed by atoms with E-state index in [0.717, 1.165) is 0 Å². The highest BCUT2D eigenvalue weighted by Gasteiger charge is 2.09. The fourth-order valence-electron chi connectivity index (χ4n) is 1.33. The number of nitrogens with two attached hydrogens (primary N) is 1. The predicted molar refractivity (Wildman–Crippen MR) is 59.6 cm³/mol. The van der Waals surface area contributed by atoms with Crippen molar-refractivity contribution in [2.45, 2.75) is 0 Å². The van der Waals surface area contributed by atoms with Gasteiger partial charge in [0.25, 0.3) is 0 Å². The number of aromatic nitrogens is 2. The Hall–Kier alpha value is -1.95. The standard InChI is InChI=1S/C9H7N3O2S/c10-12-7-2-1-5(9(13)14)3-6(7)11-8(12)4-15/h1-4H,10H2,(H,13,14). The molecule has 0 aliphatic carbocycles. The Labute approximate surface area is 90.1 Å². The van der Waals surface area contributed by atoms with E-state index in [1.807, 2.05) is 0 Å². The minimum atomic E-state index is -0.993. The van der Waals surface area contributed by atoms with E-state index in [0.29, 0.717) is 16.9 Å². The summed E-state index contributed by atoms with van der Waals surface area (Å²) in [6.07, 6.45) is 0. The first kappa shape index (κ1) is 9.60. The van der Waals surface area contributed by atoms with Gasteiger partial charge in [-0.3, -0.25) is 0 Å². The molecule has 15 heavy (non-hydrogen) atoms. The lowest BCUT2D eigenvalue weighted by atomic mass is 10.2. The number of benzene rings is 1. The summed E-state index contributed by atoms with van der Waals surface area (Å²) in [5.74, 6) is 5.12. The van der Waals surface area contributed by atoms with E-state index in [2.05, 4.69) is 4.98 Å². The molecular formula is C9H7N3O2S. The highest BCUT2D eigenvalue weighted by Crippen LogP contribution is 2.15. The number of fused-ring (bicyclic) bond motifs is 1. The molecule has 0 spiro atoms. The number of hydrogen-bond donors (Lipinski definition) is 2. The van der Waals surface area contributed by atoms with Crippen molar-refractivity contribution in [2.75, 3.05) is 5.84 Å². The number of aromatic carboxylic acids is 1. The quantitative estimate of drug-likeness (QED) is 0.579. The van der Waals surface area contributed by atoms with Gasteiger partial charge in [-0.15, -0.1) is 0 Å². The van der Waals surface area contributed by atoms with E-state index in [1.54, 1.807) is 6.07 Å². The Morgan fingerprint density at radius 3 is 2.93 bits per heavy atom. The number of carbonyl (C=O) groups is 1. The van der Waals surface area contributed by atoms with Gasteiger partial charge in [-0.25, -0.2) is 14.5 Å². The van der Waals surface area contributed by atoms with Crippen molar-refractivity contribution in [1.82, 2.24) is 9.66 Å². The minimum Gasteiger partial charge on any atom is -0.478 e. The average molecular weight is 221 g/mol. The van der Waals surface area contributed by atoms with Gasteiger partial charge in [0.15, 0.2) is 5.82 Å². The van der Waals surface area contributed by atoms with Crippen LogP contribution in [0.25, 0.3) is 11.0 Å². The maximum atomic E-state index is 10.7. The smallest absolute Gasteiger partial charge is 0.335 e. The number of rotatable bonds is 2. The highest BCUT2D eigenvalue weighted by molar-refractivity contribution is 7.79. The summed E-state index contributed by atoms with van der Waals surface area (Å²) >= 11 is 4.73. The van der Waals surface area contributed by atoms with E-state index < -0.39 is 5.97 Å². The van der Waals surface area contributed by atoms with Crippen molar-refractivity contribution in [2.24, 2.45) is 0 Å². The summed E-state index contributed by atoms with van der Waals surface area (Å²) in [6.45, 7) is 0. The van der Waals surface area contributed by atoms with Gasteiger partial charge >= 0.3 is 5.97 Å². The molecule has 5 nitrogen and oxygen atoms in total.